The molecule has 1 fully saturated rings. The summed E-state index contributed by atoms with van der Waals surface area (Å²) in [4.78, 5) is 2.42. The Hall–Kier alpha value is -0.120. The molecule has 2 N–H and O–H groups in total. The molecule has 2 atom stereocenters. The molecule has 1 rings (SSSR count). The lowest BCUT2D eigenvalue weighted by molar-refractivity contribution is -0.0203. The minimum absolute atomic E-state index is 0.320. The van der Waals surface area contributed by atoms with Crippen molar-refractivity contribution in [1.29, 1.82) is 0 Å². The zero-order valence-electron chi connectivity index (χ0n) is 9.70. The highest BCUT2D eigenvalue weighted by Gasteiger charge is 2.18. The first-order valence-corrected chi connectivity index (χ1v) is 5.67. The Bertz CT molecular complexity index is 161. The first kappa shape index (κ1) is 12.0. The fourth-order valence-corrected chi connectivity index (χ4v) is 2.07. The second-order valence-electron chi connectivity index (χ2n) is 4.83. The third-order valence-corrected chi connectivity index (χ3v) is 2.59. The van der Waals surface area contributed by atoms with Crippen molar-refractivity contribution in [3.05, 3.63) is 0 Å². The molecule has 1 aliphatic heterocycles. The quantitative estimate of drug-likeness (QED) is 0.738. The van der Waals surface area contributed by atoms with Gasteiger partial charge in [0.05, 0.1) is 12.7 Å². The molecule has 2 unspecified atom stereocenters. The average Bonchev–Trinajstić information content (AvgIpc) is 2.01. The summed E-state index contributed by atoms with van der Waals surface area (Å²) in [5.41, 5.74) is 6.07. The van der Waals surface area contributed by atoms with Crippen LogP contribution in [0.3, 0.4) is 0 Å². The third kappa shape index (κ3) is 4.40. The van der Waals surface area contributed by atoms with Crippen molar-refractivity contribution < 1.29 is 4.74 Å². The Morgan fingerprint density at radius 2 is 2.21 bits per heavy atom. The van der Waals surface area contributed by atoms with Crippen LogP contribution in [0, 0.1) is 5.92 Å². The molecular weight excluding hydrogens is 176 g/mol. The van der Waals surface area contributed by atoms with Crippen LogP contribution >= 0.6 is 0 Å². The van der Waals surface area contributed by atoms with Gasteiger partial charge in [0.1, 0.15) is 0 Å². The van der Waals surface area contributed by atoms with Crippen LogP contribution in [0.5, 0.6) is 0 Å². The lowest BCUT2D eigenvalue weighted by atomic mass is 10.0. The van der Waals surface area contributed by atoms with Gasteiger partial charge >= 0.3 is 0 Å². The maximum Gasteiger partial charge on any atom is 0.0674 e. The molecule has 0 radical (unpaired) electrons. The Morgan fingerprint density at radius 1 is 1.50 bits per heavy atom. The maximum atomic E-state index is 6.07. The van der Waals surface area contributed by atoms with E-state index < -0.39 is 0 Å². The van der Waals surface area contributed by atoms with Crippen LogP contribution in [0.15, 0.2) is 0 Å². The molecule has 1 aliphatic rings. The monoisotopic (exact) mass is 200 g/mol. The summed E-state index contributed by atoms with van der Waals surface area (Å²) < 4.78 is 5.49. The Kier molecular flexibility index (Phi) is 4.85. The standard InChI is InChI=1S/C11H24N2O/c1-9(2)6-11(12)8-13-4-5-14-10(3)7-13/h9-11H,4-8,12H2,1-3H3. The van der Waals surface area contributed by atoms with E-state index in [0.29, 0.717) is 18.1 Å². The molecule has 1 saturated heterocycles. The third-order valence-electron chi connectivity index (χ3n) is 2.59. The van der Waals surface area contributed by atoms with Crippen LogP contribution < -0.4 is 5.73 Å². The van der Waals surface area contributed by atoms with Crippen molar-refractivity contribution in [2.24, 2.45) is 11.7 Å². The van der Waals surface area contributed by atoms with Gasteiger partial charge in [-0.1, -0.05) is 13.8 Å². The van der Waals surface area contributed by atoms with Crippen LogP contribution in [-0.4, -0.2) is 43.3 Å². The second-order valence-corrected chi connectivity index (χ2v) is 4.83. The van der Waals surface area contributed by atoms with Crippen molar-refractivity contribution in [3.63, 3.8) is 0 Å². The van der Waals surface area contributed by atoms with Gasteiger partial charge in [0.2, 0.25) is 0 Å². The van der Waals surface area contributed by atoms with E-state index in [0.717, 1.165) is 32.7 Å². The van der Waals surface area contributed by atoms with E-state index in [1.165, 1.54) is 0 Å². The van der Waals surface area contributed by atoms with Crippen LogP contribution in [0.1, 0.15) is 27.2 Å². The minimum Gasteiger partial charge on any atom is -0.376 e. The van der Waals surface area contributed by atoms with Crippen LogP contribution in [0.25, 0.3) is 0 Å². The number of morpholine rings is 1. The van der Waals surface area contributed by atoms with Gasteiger partial charge in [-0.2, -0.15) is 0 Å². The molecule has 0 aromatic heterocycles. The van der Waals surface area contributed by atoms with Gasteiger partial charge < -0.3 is 10.5 Å². The largest absolute Gasteiger partial charge is 0.376 e. The molecule has 0 bridgehead atoms. The highest BCUT2D eigenvalue weighted by molar-refractivity contribution is 4.74. The summed E-state index contributed by atoms with van der Waals surface area (Å²) in [5, 5.41) is 0. The summed E-state index contributed by atoms with van der Waals surface area (Å²) in [6.07, 6.45) is 1.49. The molecule has 3 heteroatoms. The smallest absolute Gasteiger partial charge is 0.0674 e. The zero-order valence-corrected chi connectivity index (χ0v) is 9.70. The fraction of sp³-hybridized carbons (Fsp3) is 1.00. The molecule has 0 saturated carbocycles. The Morgan fingerprint density at radius 3 is 2.79 bits per heavy atom. The zero-order chi connectivity index (χ0) is 10.6. The number of rotatable bonds is 4. The predicted octanol–water partition coefficient (Wildman–Crippen LogP) is 1.08. The summed E-state index contributed by atoms with van der Waals surface area (Å²) in [6, 6.07) is 0.320. The maximum absolute atomic E-state index is 6.07. The lowest BCUT2D eigenvalue weighted by Crippen LogP contribution is -2.46. The van der Waals surface area contributed by atoms with Gasteiger partial charge in [0, 0.05) is 25.7 Å². The minimum atomic E-state index is 0.320. The first-order valence-electron chi connectivity index (χ1n) is 5.67. The number of ether oxygens (including phenoxy) is 1. The van der Waals surface area contributed by atoms with E-state index in [-0.39, 0.29) is 0 Å². The summed E-state index contributed by atoms with van der Waals surface area (Å²) in [7, 11) is 0. The summed E-state index contributed by atoms with van der Waals surface area (Å²) in [5.74, 6) is 0.698. The van der Waals surface area contributed by atoms with Crippen molar-refractivity contribution in [2.45, 2.75) is 39.3 Å². The molecular formula is C11H24N2O. The van der Waals surface area contributed by atoms with E-state index in [2.05, 4.69) is 25.7 Å². The molecule has 14 heavy (non-hydrogen) atoms. The van der Waals surface area contributed by atoms with E-state index in [4.69, 9.17) is 10.5 Å². The molecule has 0 aromatic rings. The van der Waals surface area contributed by atoms with Gasteiger partial charge in [-0.15, -0.1) is 0 Å². The molecule has 3 nitrogen and oxygen atoms in total. The second kappa shape index (κ2) is 5.69. The van der Waals surface area contributed by atoms with Gasteiger partial charge in [0.25, 0.3) is 0 Å². The van der Waals surface area contributed by atoms with Gasteiger partial charge in [-0.3, -0.25) is 4.90 Å². The molecule has 0 aliphatic carbocycles. The number of nitrogens with zero attached hydrogens (tertiary/aromatic N) is 1. The van der Waals surface area contributed by atoms with E-state index in [1.807, 2.05) is 0 Å². The van der Waals surface area contributed by atoms with Crippen LogP contribution in [0.4, 0.5) is 0 Å². The molecule has 0 amide bonds. The predicted molar refractivity (Wildman–Crippen MR) is 59.3 cm³/mol. The van der Waals surface area contributed by atoms with Gasteiger partial charge in [-0.05, 0) is 19.3 Å². The highest BCUT2D eigenvalue weighted by Crippen LogP contribution is 2.08. The molecule has 0 aromatic carbocycles. The normalized spacial score (nSPS) is 26.8. The number of hydrogen-bond acceptors (Lipinski definition) is 3. The Labute approximate surface area is 87.6 Å². The Balaban J connectivity index is 2.21. The SMILES string of the molecule is CC(C)CC(N)CN1CCOC(C)C1. The molecule has 1 heterocycles. The van der Waals surface area contributed by atoms with Crippen molar-refractivity contribution in [3.8, 4) is 0 Å². The van der Waals surface area contributed by atoms with Crippen LogP contribution in [0.2, 0.25) is 0 Å². The van der Waals surface area contributed by atoms with Gasteiger partial charge in [-0.25, -0.2) is 0 Å². The van der Waals surface area contributed by atoms with E-state index in [9.17, 15) is 0 Å². The van der Waals surface area contributed by atoms with Gasteiger partial charge in [0.15, 0.2) is 0 Å². The fourth-order valence-electron chi connectivity index (χ4n) is 2.07. The highest BCUT2D eigenvalue weighted by atomic mass is 16.5. The number of hydrogen-bond donors (Lipinski definition) is 1. The van der Waals surface area contributed by atoms with Crippen molar-refractivity contribution in [2.75, 3.05) is 26.2 Å². The summed E-state index contributed by atoms with van der Waals surface area (Å²) in [6.45, 7) is 10.5. The van der Waals surface area contributed by atoms with Crippen molar-refractivity contribution in [1.82, 2.24) is 4.90 Å². The average molecular weight is 200 g/mol. The van der Waals surface area contributed by atoms with E-state index >= 15 is 0 Å². The molecule has 84 valence electrons. The topological polar surface area (TPSA) is 38.5 Å². The van der Waals surface area contributed by atoms with Crippen LogP contribution in [-0.2, 0) is 4.74 Å². The number of nitrogens with two attached hydrogens (primary N) is 1. The lowest BCUT2D eigenvalue weighted by Gasteiger charge is -2.33. The summed E-state index contributed by atoms with van der Waals surface area (Å²) >= 11 is 0. The van der Waals surface area contributed by atoms with Crippen molar-refractivity contribution >= 4 is 0 Å². The molecule has 0 spiro atoms. The van der Waals surface area contributed by atoms with E-state index in [1.54, 1.807) is 0 Å². The first-order chi connectivity index (χ1) is 6.58.